The summed E-state index contributed by atoms with van der Waals surface area (Å²) in [5, 5.41) is 0. The molecule has 2 aromatic rings. The quantitative estimate of drug-likeness (QED) is 0.546. The molecule has 1 aliphatic rings. The zero-order chi connectivity index (χ0) is 15.4. The minimum Gasteiger partial charge on any atom is -0.469 e. The topological polar surface area (TPSA) is 44.1 Å². The van der Waals surface area contributed by atoms with Gasteiger partial charge in [0.1, 0.15) is 5.82 Å². The number of methoxy groups -OCH3 is 1. The van der Waals surface area contributed by atoms with E-state index in [2.05, 4.69) is 33.6 Å². The van der Waals surface area contributed by atoms with Crippen molar-refractivity contribution in [1.29, 1.82) is 0 Å². The summed E-state index contributed by atoms with van der Waals surface area (Å²) >= 11 is 0. The number of unbranched alkanes of at least 4 members (excludes halogenated alkanes) is 3. The number of carbonyl (C=O) groups excluding carboxylic acids is 1. The Labute approximate surface area is 131 Å². The molecule has 0 spiro atoms. The fraction of sp³-hybridized carbons (Fsp3) is 0.556. The SMILES string of the molecule is COC(=O)CCCCCCc1nc2ccccc2n1C1CC1. The van der Waals surface area contributed by atoms with Crippen LogP contribution in [-0.4, -0.2) is 22.6 Å². The van der Waals surface area contributed by atoms with E-state index in [9.17, 15) is 4.79 Å². The summed E-state index contributed by atoms with van der Waals surface area (Å²) in [5.41, 5.74) is 2.40. The number of hydrogen-bond donors (Lipinski definition) is 0. The van der Waals surface area contributed by atoms with Crippen molar-refractivity contribution in [2.75, 3.05) is 7.11 Å². The standard InChI is InChI=1S/C18H24N2O2/c1-22-18(21)11-5-3-2-4-10-17-19-15-8-6-7-9-16(15)20(17)14-12-13-14/h6-9,14H,2-5,10-13H2,1H3. The van der Waals surface area contributed by atoms with E-state index in [0.717, 1.165) is 37.6 Å². The van der Waals surface area contributed by atoms with Crippen molar-refractivity contribution in [2.24, 2.45) is 0 Å². The van der Waals surface area contributed by atoms with Gasteiger partial charge in [0.2, 0.25) is 0 Å². The lowest BCUT2D eigenvalue weighted by molar-refractivity contribution is -0.140. The van der Waals surface area contributed by atoms with Crippen LogP contribution in [0.1, 0.15) is 56.8 Å². The summed E-state index contributed by atoms with van der Waals surface area (Å²) in [6.07, 6.45) is 8.42. The van der Waals surface area contributed by atoms with Crippen LogP contribution in [0, 0.1) is 0 Å². The average molecular weight is 300 g/mol. The maximum absolute atomic E-state index is 11.1. The van der Waals surface area contributed by atoms with Crippen LogP contribution in [-0.2, 0) is 16.0 Å². The number of para-hydroxylation sites is 2. The second-order valence-corrected chi connectivity index (χ2v) is 6.11. The van der Waals surface area contributed by atoms with Crippen molar-refractivity contribution in [2.45, 2.75) is 57.4 Å². The summed E-state index contributed by atoms with van der Waals surface area (Å²) in [5.74, 6) is 1.13. The first kappa shape index (κ1) is 15.1. The van der Waals surface area contributed by atoms with E-state index in [0.29, 0.717) is 12.5 Å². The fourth-order valence-electron chi connectivity index (χ4n) is 3.02. The zero-order valence-electron chi connectivity index (χ0n) is 13.3. The van der Waals surface area contributed by atoms with Crippen LogP contribution in [0.4, 0.5) is 0 Å². The molecule has 0 bridgehead atoms. The minimum atomic E-state index is -0.101. The number of fused-ring (bicyclic) bond motifs is 1. The van der Waals surface area contributed by atoms with Crippen molar-refractivity contribution in [3.05, 3.63) is 30.1 Å². The van der Waals surface area contributed by atoms with Crippen LogP contribution >= 0.6 is 0 Å². The van der Waals surface area contributed by atoms with Gasteiger partial charge in [0, 0.05) is 18.9 Å². The molecule has 1 heterocycles. The van der Waals surface area contributed by atoms with Crippen molar-refractivity contribution < 1.29 is 9.53 Å². The molecule has 22 heavy (non-hydrogen) atoms. The number of aryl methyl sites for hydroxylation is 1. The zero-order valence-corrected chi connectivity index (χ0v) is 13.3. The molecule has 1 aromatic carbocycles. The predicted molar refractivity (Wildman–Crippen MR) is 86.8 cm³/mol. The molecule has 1 saturated carbocycles. The van der Waals surface area contributed by atoms with Crippen LogP contribution in [0.25, 0.3) is 11.0 Å². The Morgan fingerprint density at radius 3 is 2.77 bits per heavy atom. The number of esters is 1. The van der Waals surface area contributed by atoms with Crippen LogP contribution in [0.15, 0.2) is 24.3 Å². The Balaban J connectivity index is 1.53. The molecule has 0 atom stereocenters. The molecule has 1 aliphatic carbocycles. The van der Waals surface area contributed by atoms with Crippen molar-refractivity contribution in [3.63, 3.8) is 0 Å². The molecule has 4 nitrogen and oxygen atoms in total. The van der Waals surface area contributed by atoms with Gasteiger partial charge in [-0.25, -0.2) is 4.98 Å². The molecular weight excluding hydrogens is 276 g/mol. The van der Waals surface area contributed by atoms with Crippen LogP contribution in [0.5, 0.6) is 0 Å². The van der Waals surface area contributed by atoms with Gasteiger partial charge < -0.3 is 9.30 Å². The maximum Gasteiger partial charge on any atom is 0.305 e. The molecule has 118 valence electrons. The van der Waals surface area contributed by atoms with Gasteiger partial charge in [0.05, 0.1) is 18.1 Å². The number of carbonyl (C=O) groups is 1. The molecule has 0 aliphatic heterocycles. The van der Waals surface area contributed by atoms with Gasteiger partial charge >= 0.3 is 5.97 Å². The first-order valence-corrected chi connectivity index (χ1v) is 8.32. The molecule has 0 amide bonds. The molecular formula is C18H24N2O2. The highest BCUT2D eigenvalue weighted by Gasteiger charge is 2.27. The lowest BCUT2D eigenvalue weighted by atomic mass is 10.1. The van der Waals surface area contributed by atoms with E-state index >= 15 is 0 Å². The molecule has 3 rings (SSSR count). The van der Waals surface area contributed by atoms with E-state index in [1.165, 1.54) is 31.3 Å². The molecule has 0 radical (unpaired) electrons. The highest BCUT2D eigenvalue weighted by Crippen LogP contribution is 2.38. The van der Waals surface area contributed by atoms with Gasteiger partial charge in [-0.1, -0.05) is 25.0 Å². The van der Waals surface area contributed by atoms with Crippen LogP contribution in [0.2, 0.25) is 0 Å². The van der Waals surface area contributed by atoms with E-state index in [1.54, 1.807) is 0 Å². The average Bonchev–Trinajstić information content (AvgIpc) is 3.31. The third-order valence-electron chi connectivity index (χ3n) is 4.34. The third kappa shape index (κ3) is 3.49. The number of ether oxygens (including phenoxy) is 1. The summed E-state index contributed by atoms with van der Waals surface area (Å²) in [6.45, 7) is 0. The number of benzene rings is 1. The number of imidazole rings is 1. The van der Waals surface area contributed by atoms with Gasteiger partial charge in [0.25, 0.3) is 0 Å². The lowest BCUT2D eigenvalue weighted by Crippen LogP contribution is -2.02. The van der Waals surface area contributed by atoms with Crippen molar-refractivity contribution in [3.8, 4) is 0 Å². The van der Waals surface area contributed by atoms with Gasteiger partial charge in [0.15, 0.2) is 0 Å². The Hall–Kier alpha value is -1.84. The number of rotatable bonds is 8. The van der Waals surface area contributed by atoms with Crippen LogP contribution in [0.3, 0.4) is 0 Å². The molecule has 0 N–H and O–H groups in total. The molecule has 1 fully saturated rings. The van der Waals surface area contributed by atoms with Gasteiger partial charge in [-0.05, 0) is 37.8 Å². The number of aromatic nitrogens is 2. The highest BCUT2D eigenvalue weighted by atomic mass is 16.5. The molecule has 0 saturated heterocycles. The van der Waals surface area contributed by atoms with Gasteiger partial charge in [-0.2, -0.15) is 0 Å². The van der Waals surface area contributed by atoms with Crippen molar-refractivity contribution >= 4 is 17.0 Å². The molecule has 1 aromatic heterocycles. The molecule has 4 heteroatoms. The Morgan fingerprint density at radius 1 is 1.23 bits per heavy atom. The van der Waals surface area contributed by atoms with Gasteiger partial charge in [-0.15, -0.1) is 0 Å². The minimum absolute atomic E-state index is 0.101. The van der Waals surface area contributed by atoms with E-state index in [4.69, 9.17) is 4.98 Å². The Kier molecular flexibility index (Phi) is 4.76. The lowest BCUT2D eigenvalue weighted by Gasteiger charge is -2.07. The highest BCUT2D eigenvalue weighted by molar-refractivity contribution is 5.76. The maximum atomic E-state index is 11.1. The van der Waals surface area contributed by atoms with E-state index in [-0.39, 0.29) is 5.97 Å². The predicted octanol–water partition coefficient (Wildman–Crippen LogP) is 4.04. The van der Waals surface area contributed by atoms with E-state index < -0.39 is 0 Å². The second-order valence-electron chi connectivity index (χ2n) is 6.11. The normalized spacial score (nSPS) is 14.4. The third-order valence-corrected chi connectivity index (χ3v) is 4.34. The summed E-state index contributed by atoms with van der Waals surface area (Å²) in [4.78, 5) is 15.9. The summed E-state index contributed by atoms with van der Waals surface area (Å²) < 4.78 is 7.10. The fourth-order valence-corrected chi connectivity index (χ4v) is 3.02. The summed E-state index contributed by atoms with van der Waals surface area (Å²) in [6, 6.07) is 9.11. The van der Waals surface area contributed by atoms with E-state index in [1.807, 2.05) is 0 Å². The number of hydrogen-bond acceptors (Lipinski definition) is 3. The summed E-state index contributed by atoms with van der Waals surface area (Å²) in [7, 11) is 1.45. The first-order chi connectivity index (χ1) is 10.8. The largest absolute Gasteiger partial charge is 0.469 e. The monoisotopic (exact) mass is 300 g/mol. The Morgan fingerprint density at radius 2 is 2.00 bits per heavy atom. The Bertz CT molecular complexity index is 644. The van der Waals surface area contributed by atoms with Gasteiger partial charge in [-0.3, -0.25) is 4.79 Å². The van der Waals surface area contributed by atoms with Crippen molar-refractivity contribution in [1.82, 2.24) is 9.55 Å². The van der Waals surface area contributed by atoms with Crippen LogP contribution < -0.4 is 0 Å². The smallest absolute Gasteiger partial charge is 0.305 e. The second kappa shape index (κ2) is 6.95. The first-order valence-electron chi connectivity index (χ1n) is 8.32. The number of nitrogens with zero attached hydrogens (tertiary/aromatic N) is 2. The molecule has 0 unspecified atom stereocenters.